The van der Waals surface area contributed by atoms with Crippen molar-refractivity contribution in [2.24, 2.45) is 7.05 Å². The second-order valence-corrected chi connectivity index (χ2v) is 6.15. The van der Waals surface area contributed by atoms with Gasteiger partial charge in [-0.15, -0.1) is 0 Å². The second kappa shape index (κ2) is 9.12. The standard InChI is InChI=1S/C19H28N4O3/c1-6-15(16-9-11-20-23(16)3)21-19(24)22(2)12-10-14-7-8-17(25-4)18(13-14)26-5/h7-9,11,13,15H,6,10,12H2,1-5H3,(H,21,24)/t15-/m0/s1. The van der Waals surface area contributed by atoms with E-state index in [1.165, 1.54) is 0 Å². The van der Waals surface area contributed by atoms with Gasteiger partial charge < -0.3 is 19.7 Å². The summed E-state index contributed by atoms with van der Waals surface area (Å²) in [5, 5.41) is 7.24. The topological polar surface area (TPSA) is 68.6 Å². The summed E-state index contributed by atoms with van der Waals surface area (Å²) in [5.74, 6) is 1.39. The third-order valence-corrected chi connectivity index (χ3v) is 4.45. The van der Waals surface area contributed by atoms with Crippen LogP contribution in [0.5, 0.6) is 11.5 Å². The number of aryl methyl sites for hydroxylation is 1. The molecule has 1 aromatic heterocycles. The lowest BCUT2D eigenvalue weighted by molar-refractivity contribution is 0.204. The average Bonchev–Trinajstić information content (AvgIpc) is 3.09. The van der Waals surface area contributed by atoms with Gasteiger partial charge in [-0.1, -0.05) is 13.0 Å². The van der Waals surface area contributed by atoms with Crippen molar-refractivity contribution in [1.29, 1.82) is 0 Å². The zero-order valence-electron chi connectivity index (χ0n) is 16.2. The minimum atomic E-state index is -0.0986. The third kappa shape index (κ3) is 4.68. The van der Waals surface area contributed by atoms with E-state index in [0.717, 1.165) is 24.1 Å². The van der Waals surface area contributed by atoms with Gasteiger partial charge in [-0.25, -0.2) is 4.79 Å². The lowest BCUT2D eigenvalue weighted by Crippen LogP contribution is -2.40. The van der Waals surface area contributed by atoms with Gasteiger partial charge in [0.2, 0.25) is 0 Å². The molecule has 2 aromatic rings. The predicted molar refractivity (Wildman–Crippen MR) is 101 cm³/mol. The Kier molecular flexibility index (Phi) is 6.89. The maximum atomic E-state index is 12.5. The van der Waals surface area contributed by atoms with Crippen molar-refractivity contribution in [3.8, 4) is 11.5 Å². The summed E-state index contributed by atoms with van der Waals surface area (Å²) < 4.78 is 12.4. The number of carbonyl (C=O) groups is 1. The molecule has 0 fully saturated rings. The second-order valence-electron chi connectivity index (χ2n) is 6.15. The molecule has 0 aliphatic carbocycles. The minimum absolute atomic E-state index is 0.0569. The zero-order valence-corrected chi connectivity index (χ0v) is 16.2. The number of methoxy groups -OCH3 is 2. The molecule has 2 rings (SSSR count). The maximum absolute atomic E-state index is 12.5. The van der Waals surface area contributed by atoms with Gasteiger partial charge in [0.1, 0.15) is 0 Å². The van der Waals surface area contributed by atoms with Gasteiger partial charge in [0.15, 0.2) is 11.5 Å². The van der Waals surface area contributed by atoms with Crippen molar-refractivity contribution in [2.45, 2.75) is 25.8 Å². The molecule has 1 N–H and O–H groups in total. The summed E-state index contributed by atoms with van der Waals surface area (Å²) >= 11 is 0. The van der Waals surface area contributed by atoms with Gasteiger partial charge in [-0.3, -0.25) is 4.68 Å². The van der Waals surface area contributed by atoms with Crippen molar-refractivity contribution in [1.82, 2.24) is 20.0 Å². The SMILES string of the molecule is CC[C@H](NC(=O)N(C)CCc1ccc(OC)c(OC)c1)c1ccnn1C. The predicted octanol–water partition coefficient (Wildman–Crippen LogP) is 2.77. The minimum Gasteiger partial charge on any atom is -0.493 e. The number of hydrogen-bond acceptors (Lipinski definition) is 4. The highest BCUT2D eigenvalue weighted by atomic mass is 16.5. The molecule has 0 spiro atoms. The first-order chi connectivity index (χ1) is 12.5. The number of hydrogen-bond donors (Lipinski definition) is 1. The fraction of sp³-hybridized carbons (Fsp3) is 0.474. The largest absolute Gasteiger partial charge is 0.493 e. The summed E-state index contributed by atoms with van der Waals surface area (Å²) in [4.78, 5) is 14.2. The van der Waals surface area contributed by atoms with Crippen molar-refractivity contribution >= 4 is 6.03 Å². The van der Waals surface area contributed by atoms with E-state index in [0.29, 0.717) is 18.0 Å². The third-order valence-electron chi connectivity index (χ3n) is 4.45. The number of nitrogens with one attached hydrogen (secondary N) is 1. The summed E-state index contributed by atoms with van der Waals surface area (Å²) in [6.07, 6.45) is 3.27. The van der Waals surface area contributed by atoms with Gasteiger partial charge in [-0.2, -0.15) is 5.10 Å². The highest BCUT2D eigenvalue weighted by Crippen LogP contribution is 2.27. The molecule has 1 heterocycles. The lowest BCUT2D eigenvalue weighted by atomic mass is 10.1. The van der Waals surface area contributed by atoms with Crippen molar-refractivity contribution in [3.63, 3.8) is 0 Å². The quantitative estimate of drug-likeness (QED) is 0.786. The number of rotatable bonds is 8. The molecule has 7 nitrogen and oxygen atoms in total. The van der Waals surface area contributed by atoms with Gasteiger partial charge in [0, 0.05) is 26.8 Å². The molecule has 2 amide bonds. The van der Waals surface area contributed by atoms with Crippen molar-refractivity contribution in [3.05, 3.63) is 41.7 Å². The fourth-order valence-corrected chi connectivity index (χ4v) is 2.80. The Hall–Kier alpha value is -2.70. The Morgan fingerprint density at radius 1 is 1.27 bits per heavy atom. The van der Waals surface area contributed by atoms with Gasteiger partial charge in [-0.05, 0) is 36.6 Å². The van der Waals surface area contributed by atoms with Gasteiger partial charge in [0.25, 0.3) is 0 Å². The van der Waals surface area contributed by atoms with E-state index in [1.54, 1.807) is 37.0 Å². The zero-order chi connectivity index (χ0) is 19.1. The Labute approximate surface area is 154 Å². The smallest absolute Gasteiger partial charge is 0.317 e. The summed E-state index contributed by atoms with van der Waals surface area (Å²) in [5.41, 5.74) is 2.08. The summed E-state index contributed by atoms with van der Waals surface area (Å²) in [7, 11) is 6.91. The van der Waals surface area contributed by atoms with E-state index in [1.807, 2.05) is 38.2 Å². The molecule has 142 valence electrons. The van der Waals surface area contributed by atoms with Crippen LogP contribution >= 0.6 is 0 Å². The molecule has 0 radical (unpaired) electrons. The number of urea groups is 1. The maximum Gasteiger partial charge on any atom is 0.317 e. The van der Waals surface area contributed by atoms with Crippen LogP contribution in [0.2, 0.25) is 0 Å². The molecule has 0 saturated carbocycles. The molecule has 1 atom stereocenters. The van der Waals surface area contributed by atoms with Crippen LogP contribution in [0.4, 0.5) is 4.79 Å². The van der Waals surface area contributed by atoms with Crippen LogP contribution in [-0.2, 0) is 13.5 Å². The summed E-state index contributed by atoms with van der Waals surface area (Å²) in [6.45, 7) is 2.64. The normalized spacial score (nSPS) is 11.7. The number of likely N-dealkylation sites (N-methyl/N-ethyl adjacent to an activating group) is 1. The molecule has 26 heavy (non-hydrogen) atoms. The molecular formula is C19H28N4O3. The van der Waals surface area contributed by atoms with Crippen molar-refractivity contribution in [2.75, 3.05) is 27.8 Å². The van der Waals surface area contributed by atoms with Gasteiger partial charge in [0.05, 0.1) is 26.0 Å². The van der Waals surface area contributed by atoms with Crippen LogP contribution < -0.4 is 14.8 Å². The molecule has 0 bridgehead atoms. The molecule has 7 heteroatoms. The molecule has 0 aliphatic heterocycles. The number of amides is 2. The number of nitrogens with zero attached hydrogens (tertiary/aromatic N) is 3. The van der Waals surface area contributed by atoms with Crippen LogP contribution in [0, 0.1) is 0 Å². The molecule has 0 saturated heterocycles. The molecular weight excluding hydrogens is 332 g/mol. The molecule has 0 aliphatic rings. The average molecular weight is 360 g/mol. The number of aromatic nitrogens is 2. The first-order valence-electron chi connectivity index (χ1n) is 8.70. The van der Waals surface area contributed by atoms with Gasteiger partial charge >= 0.3 is 6.03 Å². The highest BCUT2D eigenvalue weighted by molar-refractivity contribution is 5.74. The number of carbonyl (C=O) groups excluding carboxylic acids is 1. The molecule has 1 aromatic carbocycles. The summed E-state index contributed by atoms with van der Waals surface area (Å²) in [6, 6.07) is 7.58. The first kappa shape index (κ1) is 19.6. The van der Waals surface area contributed by atoms with E-state index in [9.17, 15) is 4.79 Å². The van der Waals surface area contributed by atoms with E-state index >= 15 is 0 Å². The van der Waals surface area contributed by atoms with Crippen LogP contribution in [0.25, 0.3) is 0 Å². The Balaban J connectivity index is 1.93. The van der Waals surface area contributed by atoms with E-state index in [4.69, 9.17) is 9.47 Å². The number of ether oxygens (including phenoxy) is 2. The van der Waals surface area contributed by atoms with E-state index in [2.05, 4.69) is 10.4 Å². The Morgan fingerprint density at radius 3 is 2.58 bits per heavy atom. The lowest BCUT2D eigenvalue weighted by Gasteiger charge is -2.23. The van der Waals surface area contributed by atoms with Crippen LogP contribution in [0.15, 0.2) is 30.5 Å². The highest BCUT2D eigenvalue weighted by Gasteiger charge is 2.18. The monoisotopic (exact) mass is 360 g/mol. The first-order valence-corrected chi connectivity index (χ1v) is 8.70. The Morgan fingerprint density at radius 2 is 2.00 bits per heavy atom. The van der Waals surface area contributed by atoms with Crippen LogP contribution in [0.1, 0.15) is 30.6 Å². The number of benzene rings is 1. The fourth-order valence-electron chi connectivity index (χ4n) is 2.80. The van der Waals surface area contributed by atoms with E-state index in [-0.39, 0.29) is 12.1 Å². The van der Waals surface area contributed by atoms with Crippen molar-refractivity contribution < 1.29 is 14.3 Å². The van der Waals surface area contributed by atoms with E-state index < -0.39 is 0 Å². The van der Waals surface area contributed by atoms with Crippen LogP contribution in [0.3, 0.4) is 0 Å². The molecule has 0 unspecified atom stereocenters. The van der Waals surface area contributed by atoms with Crippen LogP contribution in [-0.4, -0.2) is 48.5 Å². The Bertz CT molecular complexity index is 729.